The first kappa shape index (κ1) is 13.5. The Hall–Kier alpha value is -0.610. The lowest BCUT2D eigenvalue weighted by Crippen LogP contribution is -2.29. The molecule has 0 radical (unpaired) electrons. The number of hydrogen-bond donors (Lipinski definition) is 1. The van der Waals surface area contributed by atoms with Gasteiger partial charge in [-0.05, 0) is 25.6 Å². The number of rotatable bonds is 6. The Bertz CT molecular complexity index is 307. The Kier molecular flexibility index (Phi) is 5.77. The van der Waals surface area contributed by atoms with E-state index in [2.05, 4.69) is 28.2 Å². The van der Waals surface area contributed by atoms with E-state index in [1.807, 2.05) is 7.05 Å². The third-order valence-electron chi connectivity index (χ3n) is 2.18. The Morgan fingerprint density at radius 2 is 2.19 bits per heavy atom. The van der Waals surface area contributed by atoms with Crippen LogP contribution in [0.4, 0.5) is 4.39 Å². The molecule has 0 saturated heterocycles. The van der Waals surface area contributed by atoms with Crippen LogP contribution in [0.15, 0.2) is 22.7 Å². The van der Waals surface area contributed by atoms with Crippen LogP contribution in [-0.2, 0) is 0 Å². The van der Waals surface area contributed by atoms with Gasteiger partial charge in [-0.1, -0.05) is 29.3 Å². The van der Waals surface area contributed by atoms with Crippen LogP contribution in [0.5, 0.6) is 5.75 Å². The molecule has 0 saturated carbocycles. The Morgan fingerprint density at radius 1 is 1.44 bits per heavy atom. The molecule has 0 aliphatic rings. The van der Waals surface area contributed by atoms with Crippen molar-refractivity contribution in [2.75, 3.05) is 13.6 Å². The van der Waals surface area contributed by atoms with E-state index >= 15 is 0 Å². The van der Waals surface area contributed by atoms with Gasteiger partial charge in [0.15, 0.2) is 0 Å². The number of benzene rings is 1. The minimum absolute atomic E-state index is 0.0868. The molecule has 0 aromatic heterocycles. The number of ether oxygens (including phenoxy) is 1. The molecule has 1 unspecified atom stereocenters. The molecule has 0 spiro atoms. The lowest BCUT2D eigenvalue weighted by molar-refractivity contribution is 0.188. The van der Waals surface area contributed by atoms with Gasteiger partial charge in [-0.15, -0.1) is 0 Å². The number of likely N-dealkylation sites (N-methyl/N-ethyl adjacent to an activating group) is 1. The van der Waals surface area contributed by atoms with E-state index in [0.717, 1.165) is 19.4 Å². The van der Waals surface area contributed by atoms with Gasteiger partial charge >= 0.3 is 0 Å². The van der Waals surface area contributed by atoms with Gasteiger partial charge < -0.3 is 10.1 Å². The fourth-order valence-electron chi connectivity index (χ4n) is 1.54. The first-order valence-electron chi connectivity index (χ1n) is 5.43. The lowest BCUT2D eigenvalue weighted by Gasteiger charge is -2.18. The van der Waals surface area contributed by atoms with Crippen LogP contribution in [0, 0.1) is 5.82 Å². The second-order valence-corrected chi connectivity index (χ2v) is 4.61. The summed E-state index contributed by atoms with van der Waals surface area (Å²) in [4.78, 5) is 0. The van der Waals surface area contributed by atoms with Crippen molar-refractivity contribution in [3.05, 3.63) is 28.5 Å². The van der Waals surface area contributed by atoms with Gasteiger partial charge in [0, 0.05) is 17.1 Å². The van der Waals surface area contributed by atoms with Crippen molar-refractivity contribution < 1.29 is 9.13 Å². The number of hydrogen-bond acceptors (Lipinski definition) is 2. The molecule has 0 bridgehead atoms. The van der Waals surface area contributed by atoms with Gasteiger partial charge in [-0.3, -0.25) is 0 Å². The highest BCUT2D eigenvalue weighted by Gasteiger charge is 2.09. The molecule has 0 fully saturated rings. The first-order chi connectivity index (χ1) is 7.65. The molecule has 0 amide bonds. The highest BCUT2D eigenvalue weighted by atomic mass is 79.9. The van der Waals surface area contributed by atoms with Crippen molar-refractivity contribution in [3.63, 3.8) is 0 Å². The van der Waals surface area contributed by atoms with Gasteiger partial charge in [0.1, 0.15) is 17.7 Å². The van der Waals surface area contributed by atoms with Crippen LogP contribution in [0.25, 0.3) is 0 Å². The average Bonchev–Trinajstić information content (AvgIpc) is 2.16. The van der Waals surface area contributed by atoms with Gasteiger partial charge in [-0.25, -0.2) is 4.39 Å². The van der Waals surface area contributed by atoms with Crippen molar-refractivity contribution in [1.29, 1.82) is 0 Å². The fourth-order valence-corrected chi connectivity index (χ4v) is 1.99. The zero-order chi connectivity index (χ0) is 12.0. The summed E-state index contributed by atoms with van der Waals surface area (Å²) in [5.74, 6) is 0.282. The van der Waals surface area contributed by atoms with E-state index in [0.29, 0.717) is 10.2 Å². The van der Waals surface area contributed by atoms with Crippen LogP contribution in [-0.4, -0.2) is 19.7 Å². The maximum atomic E-state index is 13.1. The highest BCUT2D eigenvalue weighted by molar-refractivity contribution is 9.10. The second-order valence-electron chi connectivity index (χ2n) is 3.69. The van der Waals surface area contributed by atoms with Crippen LogP contribution in [0.2, 0.25) is 0 Å². The Labute approximate surface area is 104 Å². The maximum Gasteiger partial charge on any atom is 0.128 e. The molecule has 2 nitrogen and oxygen atoms in total. The van der Waals surface area contributed by atoms with Crippen LogP contribution < -0.4 is 10.1 Å². The molecule has 1 N–H and O–H groups in total. The molecule has 0 aliphatic carbocycles. The van der Waals surface area contributed by atoms with E-state index in [1.165, 1.54) is 12.1 Å². The molecule has 1 atom stereocenters. The predicted octanol–water partition coefficient (Wildman–Crippen LogP) is 3.36. The van der Waals surface area contributed by atoms with Crippen molar-refractivity contribution in [1.82, 2.24) is 5.32 Å². The fraction of sp³-hybridized carbons (Fsp3) is 0.500. The molecule has 4 heteroatoms. The summed E-state index contributed by atoms with van der Waals surface area (Å²) in [5, 5.41) is 3.07. The molecular formula is C12H17BrFNO. The smallest absolute Gasteiger partial charge is 0.128 e. The van der Waals surface area contributed by atoms with Crippen molar-refractivity contribution >= 4 is 15.9 Å². The first-order valence-corrected chi connectivity index (χ1v) is 6.22. The van der Waals surface area contributed by atoms with Crippen molar-refractivity contribution in [3.8, 4) is 5.75 Å². The van der Waals surface area contributed by atoms with Crippen molar-refractivity contribution in [2.45, 2.75) is 25.9 Å². The summed E-state index contributed by atoms with van der Waals surface area (Å²) in [6, 6.07) is 4.60. The van der Waals surface area contributed by atoms with E-state index in [-0.39, 0.29) is 11.9 Å². The quantitative estimate of drug-likeness (QED) is 0.867. The molecule has 0 aliphatic heterocycles. The molecule has 1 aromatic carbocycles. The van der Waals surface area contributed by atoms with Crippen LogP contribution in [0.3, 0.4) is 0 Å². The zero-order valence-electron chi connectivity index (χ0n) is 9.59. The van der Waals surface area contributed by atoms with E-state index in [4.69, 9.17) is 4.74 Å². The lowest BCUT2D eigenvalue weighted by atomic mass is 10.2. The monoisotopic (exact) mass is 289 g/mol. The number of halogens is 2. The van der Waals surface area contributed by atoms with Crippen molar-refractivity contribution in [2.24, 2.45) is 0 Å². The van der Waals surface area contributed by atoms with Gasteiger partial charge in [0.05, 0.1) is 0 Å². The Balaban J connectivity index is 2.68. The maximum absolute atomic E-state index is 13.1. The summed E-state index contributed by atoms with van der Waals surface area (Å²) in [6.45, 7) is 2.87. The minimum Gasteiger partial charge on any atom is -0.489 e. The SMILES string of the molecule is CCCC(CNC)Oc1cc(F)cc(Br)c1. The molecule has 90 valence electrons. The van der Waals surface area contributed by atoms with Gasteiger partial charge in [0.25, 0.3) is 0 Å². The normalized spacial score (nSPS) is 12.5. The topological polar surface area (TPSA) is 21.3 Å². The van der Waals surface area contributed by atoms with E-state index < -0.39 is 0 Å². The average molecular weight is 290 g/mol. The van der Waals surface area contributed by atoms with Crippen LogP contribution >= 0.6 is 15.9 Å². The second kappa shape index (κ2) is 6.86. The van der Waals surface area contributed by atoms with E-state index in [1.54, 1.807) is 6.07 Å². The predicted molar refractivity (Wildman–Crippen MR) is 67.4 cm³/mol. The standard InChI is InChI=1S/C12H17BrFNO/c1-3-4-11(8-15-2)16-12-6-9(13)5-10(14)7-12/h5-7,11,15H,3-4,8H2,1-2H3. The summed E-state index contributed by atoms with van der Waals surface area (Å²) in [7, 11) is 1.88. The zero-order valence-corrected chi connectivity index (χ0v) is 11.2. The Morgan fingerprint density at radius 3 is 2.75 bits per heavy atom. The summed E-state index contributed by atoms with van der Waals surface area (Å²) in [5.41, 5.74) is 0. The summed E-state index contributed by atoms with van der Waals surface area (Å²) >= 11 is 3.25. The third-order valence-corrected chi connectivity index (χ3v) is 2.64. The largest absolute Gasteiger partial charge is 0.489 e. The minimum atomic E-state index is -0.288. The third kappa shape index (κ3) is 4.49. The van der Waals surface area contributed by atoms with Crippen LogP contribution in [0.1, 0.15) is 19.8 Å². The van der Waals surface area contributed by atoms with Gasteiger partial charge in [0.2, 0.25) is 0 Å². The molecule has 1 aromatic rings. The number of nitrogens with one attached hydrogen (secondary N) is 1. The highest BCUT2D eigenvalue weighted by Crippen LogP contribution is 2.22. The van der Waals surface area contributed by atoms with E-state index in [9.17, 15) is 4.39 Å². The molecule has 1 rings (SSSR count). The molecule has 16 heavy (non-hydrogen) atoms. The molecule has 0 heterocycles. The van der Waals surface area contributed by atoms with Gasteiger partial charge in [-0.2, -0.15) is 0 Å². The molecular weight excluding hydrogens is 273 g/mol. The summed E-state index contributed by atoms with van der Waals surface area (Å²) < 4.78 is 19.5. The summed E-state index contributed by atoms with van der Waals surface area (Å²) in [6.07, 6.45) is 2.08.